The van der Waals surface area contributed by atoms with Crippen molar-refractivity contribution in [3.8, 4) is 5.69 Å². The number of carbonyl (C=O) groups is 2. The molecular formula is C26H25FN2O3. The third kappa shape index (κ3) is 4.26. The van der Waals surface area contributed by atoms with Crippen molar-refractivity contribution in [2.75, 3.05) is 0 Å². The Morgan fingerprint density at radius 3 is 2.50 bits per heavy atom. The SMILES string of the molecule is Cc1ccc(-n2cc3c(c(C(=O)NCc4cccc(F)c4)c2=O)CC(C)(C)CC3=O)cc1. The molecule has 1 amide bonds. The van der Waals surface area contributed by atoms with Crippen LogP contribution in [0.4, 0.5) is 4.39 Å². The van der Waals surface area contributed by atoms with Crippen LogP contribution in [0.15, 0.2) is 59.5 Å². The molecule has 32 heavy (non-hydrogen) atoms. The molecule has 1 aromatic heterocycles. The number of nitrogens with zero attached hydrogens (tertiary/aromatic N) is 1. The Kier molecular flexibility index (Phi) is 5.55. The summed E-state index contributed by atoms with van der Waals surface area (Å²) < 4.78 is 14.9. The summed E-state index contributed by atoms with van der Waals surface area (Å²) in [5.74, 6) is -1.05. The van der Waals surface area contributed by atoms with E-state index < -0.39 is 17.3 Å². The minimum atomic E-state index is -0.567. The second kappa shape index (κ2) is 8.19. The van der Waals surface area contributed by atoms with Gasteiger partial charge in [0.25, 0.3) is 11.5 Å². The highest BCUT2D eigenvalue weighted by Crippen LogP contribution is 2.35. The van der Waals surface area contributed by atoms with E-state index in [1.54, 1.807) is 30.5 Å². The zero-order valence-electron chi connectivity index (χ0n) is 18.4. The molecule has 1 aliphatic carbocycles. The van der Waals surface area contributed by atoms with Crippen LogP contribution in [0.25, 0.3) is 5.69 Å². The summed E-state index contributed by atoms with van der Waals surface area (Å²) in [6.07, 6.45) is 2.35. The first-order chi connectivity index (χ1) is 15.1. The Bertz CT molecular complexity index is 1270. The predicted octanol–water partition coefficient (Wildman–Crippen LogP) is 4.37. The smallest absolute Gasteiger partial charge is 0.268 e. The summed E-state index contributed by atoms with van der Waals surface area (Å²) in [6.45, 7) is 5.92. The number of aryl methyl sites for hydroxylation is 1. The first kappa shape index (κ1) is 21.7. The number of benzene rings is 2. The van der Waals surface area contributed by atoms with Crippen molar-refractivity contribution in [3.63, 3.8) is 0 Å². The zero-order valence-corrected chi connectivity index (χ0v) is 18.4. The van der Waals surface area contributed by atoms with Crippen LogP contribution in [-0.2, 0) is 13.0 Å². The van der Waals surface area contributed by atoms with E-state index in [1.165, 1.54) is 16.7 Å². The van der Waals surface area contributed by atoms with Gasteiger partial charge < -0.3 is 5.32 Å². The molecule has 6 heteroatoms. The lowest BCUT2D eigenvalue weighted by Gasteiger charge is -2.31. The number of halogens is 1. The fourth-order valence-corrected chi connectivity index (χ4v) is 4.19. The number of ketones is 1. The molecular weight excluding hydrogens is 407 g/mol. The molecule has 2 aromatic carbocycles. The lowest BCUT2D eigenvalue weighted by Crippen LogP contribution is -2.38. The minimum Gasteiger partial charge on any atom is -0.348 e. The molecule has 0 bridgehead atoms. The van der Waals surface area contributed by atoms with Crippen LogP contribution in [0.5, 0.6) is 0 Å². The van der Waals surface area contributed by atoms with Gasteiger partial charge in [-0.25, -0.2) is 4.39 Å². The van der Waals surface area contributed by atoms with Gasteiger partial charge in [-0.15, -0.1) is 0 Å². The van der Waals surface area contributed by atoms with Crippen molar-refractivity contribution in [3.05, 3.63) is 98.7 Å². The van der Waals surface area contributed by atoms with Crippen LogP contribution in [0, 0.1) is 18.2 Å². The summed E-state index contributed by atoms with van der Waals surface area (Å²) >= 11 is 0. The van der Waals surface area contributed by atoms with E-state index in [2.05, 4.69) is 5.32 Å². The normalized spacial score (nSPS) is 14.7. The number of hydrogen-bond acceptors (Lipinski definition) is 3. The number of hydrogen-bond donors (Lipinski definition) is 1. The number of fused-ring (bicyclic) bond motifs is 1. The highest BCUT2D eigenvalue weighted by Gasteiger charge is 2.35. The number of pyridine rings is 1. The molecule has 0 fully saturated rings. The molecule has 1 aliphatic rings. The number of Topliss-reactive ketones (excluding diaryl/α,β-unsaturated/α-hetero) is 1. The summed E-state index contributed by atoms with van der Waals surface area (Å²) in [7, 11) is 0. The summed E-state index contributed by atoms with van der Waals surface area (Å²) in [6, 6.07) is 13.2. The topological polar surface area (TPSA) is 68.2 Å². The standard InChI is InChI=1S/C26H25FN2O3/c1-16-7-9-19(10-8-16)29-15-21-20(12-26(2,3)13-22(21)30)23(25(29)32)24(31)28-14-17-5-4-6-18(27)11-17/h4-11,15H,12-14H2,1-3H3,(H,28,31). The molecule has 4 rings (SSSR count). The fourth-order valence-electron chi connectivity index (χ4n) is 4.19. The van der Waals surface area contributed by atoms with Crippen molar-refractivity contribution in [2.24, 2.45) is 5.41 Å². The van der Waals surface area contributed by atoms with Crippen LogP contribution >= 0.6 is 0 Å². The Morgan fingerprint density at radius 2 is 1.81 bits per heavy atom. The van der Waals surface area contributed by atoms with Gasteiger partial charge in [-0.05, 0) is 54.2 Å². The van der Waals surface area contributed by atoms with Crippen LogP contribution in [0.2, 0.25) is 0 Å². The first-order valence-electron chi connectivity index (χ1n) is 10.6. The van der Waals surface area contributed by atoms with E-state index in [0.717, 1.165) is 5.56 Å². The molecule has 0 spiro atoms. The van der Waals surface area contributed by atoms with Crippen LogP contribution < -0.4 is 10.9 Å². The highest BCUT2D eigenvalue weighted by atomic mass is 19.1. The van der Waals surface area contributed by atoms with Crippen molar-refractivity contribution in [1.82, 2.24) is 9.88 Å². The third-order valence-corrected chi connectivity index (χ3v) is 5.79. The van der Waals surface area contributed by atoms with Gasteiger partial charge in [0.05, 0.1) is 0 Å². The maximum absolute atomic E-state index is 13.5. The minimum absolute atomic E-state index is 0.0272. The largest absolute Gasteiger partial charge is 0.348 e. The van der Waals surface area contributed by atoms with E-state index in [9.17, 15) is 18.8 Å². The molecule has 0 radical (unpaired) electrons. The second-order valence-electron chi connectivity index (χ2n) is 9.16. The van der Waals surface area contributed by atoms with Gasteiger partial charge in [-0.3, -0.25) is 19.0 Å². The molecule has 0 saturated heterocycles. The number of carbonyl (C=O) groups excluding carboxylic acids is 2. The molecule has 5 nitrogen and oxygen atoms in total. The lowest BCUT2D eigenvalue weighted by atomic mass is 9.73. The zero-order chi connectivity index (χ0) is 23.0. The summed E-state index contributed by atoms with van der Waals surface area (Å²) in [5.41, 5.74) is 2.22. The fraction of sp³-hybridized carbons (Fsp3) is 0.269. The van der Waals surface area contributed by atoms with Crippen molar-refractivity contribution >= 4 is 11.7 Å². The Morgan fingerprint density at radius 1 is 1.09 bits per heavy atom. The monoisotopic (exact) mass is 432 g/mol. The highest BCUT2D eigenvalue weighted by molar-refractivity contribution is 6.04. The molecule has 3 aromatic rings. The van der Waals surface area contributed by atoms with Gasteiger partial charge in [0.2, 0.25) is 0 Å². The average molecular weight is 432 g/mol. The maximum Gasteiger partial charge on any atom is 0.268 e. The first-order valence-corrected chi connectivity index (χ1v) is 10.6. The van der Waals surface area contributed by atoms with E-state index >= 15 is 0 Å². The van der Waals surface area contributed by atoms with E-state index in [4.69, 9.17) is 0 Å². The Hall–Kier alpha value is -3.54. The molecule has 0 aliphatic heterocycles. The Labute approximate surface area is 185 Å². The van der Waals surface area contributed by atoms with Crippen LogP contribution in [-0.4, -0.2) is 16.3 Å². The predicted molar refractivity (Wildman–Crippen MR) is 121 cm³/mol. The van der Waals surface area contributed by atoms with E-state index in [0.29, 0.717) is 35.2 Å². The lowest BCUT2D eigenvalue weighted by molar-refractivity contribution is 0.0908. The van der Waals surface area contributed by atoms with Gasteiger partial charge >= 0.3 is 0 Å². The second-order valence-corrected chi connectivity index (χ2v) is 9.16. The van der Waals surface area contributed by atoms with Gasteiger partial charge in [-0.2, -0.15) is 0 Å². The van der Waals surface area contributed by atoms with Gasteiger partial charge in [-0.1, -0.05) is 43.7 Å². The van der Waals surface area contributed by atoms with E-state index in [1.807, 2.05) is 32.9 Å². The molecule has 0 unspecified atom stereocenters. The van der Waals surface area contributed by atoms with Gasteiger partial charge in [0, 0.05) is 30.4 Å². The van der Waals surface area contributed by atoms with Gasteiger partial charge in [0.15, 0.2) is 5.78 Å². The molecule has 0 atom stereocenters. The number of aromatic nitrogens is 1. The number of nitrogens with one attached hydrogen (secondary N) is 1. The van der Waals surface area contributed by atoms with E-state index in [-0.39, 0.29) is 23.3 Å². The van der Waals surface area contributed by atoms with Crippen LogP contribution in [0.1, 0.15) is 57.7 Å². The maximum atomic E-state index is 13.5. The number of rotatable bonds is 4. The third-order valence-electron chi connectivity index (χ3n) is 5.79. The van der Waals surface area contributed by atoms with Gasteiger partial charge in [0.1, 0.15) is 11.4 Å². The quantitative estimate of drug-likeness (QED) is 0.666. The van der Waals surface area contributed by atoms with Crippen molar-refractivity contribution in [1.29, 1.82) is 0 Å². The summed E-state index contributed by atoms with van der Waals surface area (Å²) in [4.78, 5) is 39.7. The Balaban J connectivity index is 1.81. The molecule has 1 N–H and O–H groups in total. The van der Waals surface area contributed by atoms with Crippen molar-refractivity contribution in [2.45, 2.75) is 40.2 Å². The molecule has 164 valence electrons. The average Bonchev–Trinajstić information content (AvgIpc) is 2.72. The van der Waals surface area contributed by atoms with Crippen LogP contribution in [0.3, 0.4) is 0 Å². The summed E-state index contributed by atoms with van der Waals surface area (Å²) in [5, 5.41) is 2.73. The number of amides is 1. The molecule has 0 saturated carbocycles. The molecule has 1 heterocycles. The van der Waals surface area contributed by atoms with Crippen molar-refractivity contribution < 1.29 is 14.0 Å².